The Kier molecular flexibility index (Phi) is 5.57. The minimum Gasteiger partial charge on any atom is -0.184 e. The van der Waals surface area contributed by atoms with Crippen LogP contribution in [0.4, 0.5) is 3.89 Å². The summed E-state index contributed by atoms with van der Waals surface area (Å²) in [6.45, 7) is 15.1. The van der Waals surface area contributed by atoms with Crippen molar-refractivity contribution in [1.82, 2.24) is 0 Å². The van der Waals surface area contributed by atoms with Gasteiger partial charge in [0.05, 0.1) is 0 Å². The van der Waals surface area contributed by atoms with Crippen LogP contribution in [0, 0.1) is 11.3 Å². The quantitative estimate of drug-likeness (QED) is 0.525. The lowest BCUT2D eigenvalue weighted by Crippen LogP contribution is -2.28. The lowest BCUT2D eigenvalue weighted by molar-refractivity contribution is 0.299. The summed E-state index contributed by atoms with van der Waals surface area (Å²) in [6.07, 6.45) is 9.56. The fraction of sp³-hybridized carbons (Fsp3) is 0.778. The highest BCUT2D eigenvalue weighted by Gasteiger charge is 2.40. The maximum atomic E-state index is 15.8. The third kappa shape index (κ3) is 3.50. The lowest BCUT2D eigenvalue weighted by atomic mass is 9.74. The third-order valence-corrected chi connectivity index (χ3v) is 8.66. The van der Waals surface area contributed by atoms with Crippen LogP contribution in [-0.2, 0) is 0 Å². The average Bonchev–Trinajstić information content (AvgIpc) is 2.35. The first-order valence-corrected chi connectivity index (χ1v) is 9.67. The van der Waals surface area contributed by atoms with E-state index in [2.05, 4.69) is 66.7 Å². The number of halogens is 1. The zero-order valence-corrected chi connectivity index (χ0v) is 15.2. The summed E-state index contributed by atoms with van der Waals surface area (Å²) in [5.41, 5.74) is 0.187. The van der Waals surface area contributed by atoms with Crippen molar-refractivity contribution in [2.75, 3.05) is 5.75 Å². The number of allylic oxidation sites excluding steroid dienone is 3. The van der Waals surface area contributed by atoms with Gasteiger partial charge in [0, 0.05) is 15.4 Å². The zero-order chi connectivity index (χ0) is 15.6. The second kappa shape index (κ2) is 6.25. The molecule has 118 valence electrons. The monoisotopic (exact) mass is 300 g/mol. The number of hydrogen-bond acceptors (Lipinski definition) is 0. The molecule has 1 aliphatic rings. The van der Waals surface area contributed by atoms with Crippen molar-refractivity contribution >= 4 is 10.4 Å². The second-order valence-corrected chi connectivity index (χ2v) is 11.0. The van der Waals surface area contributed by atoms with Gasteiger partial charge in [0.25, 0.3) is 0 Å². The van der Waals surface area contributed by atoms with E-state index in [9.17, 15) is 0 Å². The van der Waals surface area contributed by atoms with Gasteiger partial charge in [-0.3, -0.25) is 0 Å². The van der Waals surface area contributed by atoms with Gasteiger partial charge in [0.2, 0.25) is 0 Å². The summed E-state index contributed by atoms with van der Waals surface area (Å²) in [4.78, 5) is 0.983. The summed E-state index contributed by atoms with van der Waals surface area (Å²) < 4.78 is 15.5. The van der Waals surface area contributed by atoms with Crippen LogP contribution in [-0.4, -0.2) is 10.5 Å². The molecular formula is C18H33FS. The Bertz CT molecular complexity index is 389. The molecule has 2 atom stereocenters. The van der Waals surface area contributed by atoms with E-state index >= 15 is 3.89 Å². The van der Waals surface area contributed by atoms with Crippen LogP contribution in [0.15, 0.2) is 23.1 Å². The number of rotatable bonds is 5. The van der Waals surface area contributed by atoms with Gasteiger partial charge in [-0.15, -0.1) is 0 Å². The number of unbranched alkanes of at least 4 members (excludes halogenated alkanes) is 1. The first-order chi connectivity index (χ1) is 9.07. The SMILES string of the molecule is CCCCS(F)(C1=CCC(C)(C(C)C)C=C1)C(C)(C)C. The van der Waals surface area contributed by atoms with Crippen molar-refractivity contribution in [3.05, 3.63) is 23.1 Å². The van der Waals surface area contributed by atoms with E-state index in [0.717, 1.165) is 24.2 Å². The molecule has 0 amide bonds. The normalized spacial score (nSPS) is 28.1. The predicted molar refractivity (Wildman–Crippen MR) is 93.0 cm³/mol. The Hall–Kier alpha value is -0.240. The highest BCUT2D eigenvalue weighted by atomic mass is 32.3. The molecule has 2 heteroatoms. The summed E-state index contributed by atoms with van der Waals surface area (Å²) in [5.74, 6) is 1.30. The molecule has 1 rings (SSSR count). The van der Waals surface area contributed by atoms with E-state index < -0.39 is 10.4 Å². The van der Waals surface area contributed by atoms with Crippen LogP contribution in [0.5, 0.6) is 0 Å². The van der Waals surface area contributed by atoms with Crippen LogP contribution in [0.1, 0.15) is 67.7 Å². The average molecular weight is 301 g/mol. The minimum absolute atomic E-state index is 0.187. The first-order valence-electron chi connectivity index (χ1n) is 7.96. The maximum Gasteiger partial charge on any atom is 0.0219 e. The molecule has 0 aromatic heterocycles. The topological polar surface area (TPSA) is 0 Å². The fourth-order valence-corrected chi connectivity index (χ4v) is 5.39. The summed E-state index contributed by atoms with van der Waals surface area (Å²) in [5, 5.41) is 0. The molecule has 0 heterocycles. The van der Waals surface area contributed by atoms with Crippen LogP contribution < -0.4 is 0 Å². The summed E-state index contributed by atoms with van der Waals surface area (Å²) >= 11 is 0. The van der Waals surface area contributed by atoms with Crippen LogP contribution in [0.25, 0.3) is 0 Å². The maximum absolute atomic E-state index is 15.8. The molecule has 0 N–H and O–H groups in total. The van der Waals surface area contributed by atoms with Crippen molar-refractivity contribution in [2.45, 2.75) is 72.5 Å². The van der Waals surface area contributed by atoms with Crippen LogP contribution in [0.2, 0.25) is 0 Å². The van der Waals surface area contributed by atoms with Gasteiger partial charge in [-0.2, -0.15) is 3.89 Å². The van der Waals surface area contributed by atoms with E-state index in [1.165, 1.54) is 0 Å². The molecule has 1 aliphatic carbocycles. The second-order valence-electron chi connectivity index (χ2n) is 7.63. The van der Waals surface area contributed by atoms with E-state index in [4.69, 9.17) is 0 Å². The van der Waals surface area contributed by atoms with Gasteiger partial charge >= 0.3 is 0 Å². The molecule has 0 radical (unpaired) electrons. The van der Waals surface area contributed by atoms with Crippen LogP contribution in [0.3, 0.4) is 0 Å². The van der Waals surface area contributed by atoms with Crippen molar-refractivity contribution in [3.63, 3.8) is 0 Å². The van der Waals surface area contributed by atoms with Crippen LogP contribution >= 0.6 is 10.4 Å². The fourth-order valence-electron chi connectivity index (χ4n) is 2.52. The predicted octanol–water partition coefficient (Wildman–Crippen LogP) is 6.78. The largest absolute Gasteiger partial charge is 0.184 e. The van der Waals surface area contributed by atoms with Crippen molar-refractivity contribution in [3.8, 4) is 0 Å². The van der Waals surface area contributed by atoms with Gasteiger partial charge in [0.15, 0.2) is 0 Å². The number of hydrogen-bond donors (Lipinski definition) is 0. The van der Waals surface area contributed by atoms with E-state index in [1.807, 2.05) is 0 Å². The Morgan fingerprint density at radius 3 is 2.30 bits per heavy atom. The molecule has 0 bridgehead atoms. The molecule has 2 unspecified atom stereocenters. The van der Waals surface area contributed by atoms with Gasteiger partial charge in [-0.25, -0.2) is 0 Å². The first kappa shape index (κ1) is 17.8. The van der Waals surface area contributed by atoms with Crippen molar-refractivity contribution in [1.29, 1.82) is 0 Å². The highest BCUT2D eigenvalue weighted by molar-refractivity contribution is 8.33. The van der Waals surface area contributed by atoms with Gasteiger partial charge in [-0.05, 0) is 44.9 Å². The van der Waals surface area contributed by atoms with E-state index in [-0.39, 0.29) is 10.2 Å². The smallest absolute Gasteiger partial charge is 0.0219 e. The minimum atomic E-state index is -2.22. The Morgan fingerprint density at radius 1 is 1.35 bits per heavy atom. The highest BCUT2D eigenvalue weighted by Crippen LogP contribution is 2.68. The molecule has 0 aliphatic heterocycles. The van der Waals surface area contributed by atoms with Crippen molar-refractivity contribution in [2.24, 2.45) is 11.3 Å². The lowest BCUT2D eigenvalue weighted by Gasteiger charge is -2.46. The van der Waals surface area contributed by atoms with E-state index in [0.29, 0.717) is 11.7 Å². The molecule has 20 heavy (non-hydrogen) atoms. The molecule has 0 nitrogen and oxygen atoms in total. The Balaban J connectivity index is 3.02. The third-order valence-electron chi connectivity index (χ3n) is 4.81. The Labute approximate surface area is 127 Å². The summed E-state index contributed by atoms with van der Waals surface area (Å²) in [6, 6.07) is 0. The molecule has 0 fully saturated rings. The standard InChI is InChI=1S/C18H33FS/c1-8-9-14-20(19,17(4,5)6)16-10-12-18(7,13-11-16)15(2)3/h10-12,15H,8-9,13-14H2,1-7H3. The molecule has 0 saturated carbocycles. The molecule has 0 spiro atoms. The molecule has 0 aromatic carbocycles. The van der Waals surface area contributed by atoms with Crippen molar-refractivity contribution < 1.29 is 3.89 Å². The molecule has 0 aromatic rings. The van der Waals surface area contributed by atoms with Gasteiger partial charge < -0.3 is 0 Å². The molecule has 0 saturated heterocycles. The summed E-state index contributed by atoms with van der Waals surface area (Å²) in [7, 11) is -2.22. The van der Waals surface area contributed by atoms with Gasteiger partial charge in [-0.1, -0.05) is 62.8 Å². The van der Waals surface area contributed by atoms with Gasteiger partial charge in [0.1, 0.15) is 0 Å². The van der Waals surface area contributed by atoms with E-state index in [1.54, 1.807) is 0 Å². The molecular weight excluding hydrogens is 267 g/mol. The zero-order valence-electron chi connectivity index (χ0n) is 14.4. The Morgan fingerprint density at radius 2 is 1.95 bits per heavy atom.